The Kier molecular flexibility index (Phi) is 5.10. The molecule has 0 bridgehead atoms. The molecule has 1 aromatic heterocycles. The quantitative estimate of drug-likeness (QED) is 0.818. The Morgan fingerprint density at radius 2 is 2.04 bits per heavy atom. The third-order valence-electron chi connectivity index (χ3n) is 5.31. The Bertz CT molecular complexity index is 595. The SMILES string of the molecule is CC[C@@H]1CN(C(=O)c2c(C)nn(C)c2OC)C[C@H]1N1CCOCC1. The van der Waals surface area contributed by atoms with E-state index in [0.29, 0.717) is 23.4 Å². The molecule has 0 aliphatic carbocycles. The van der Waals surface area contributed by atoms with Gasteiger partial charge in [-0.15, -0.1) is 0 Å². The fraction of sp³-hybridized carbons (Fsp3) is 0.765. The van der Waals surface area contributed by atoms with Gasteiger partial charge in [0.25, 0.3) is 5.91 Å². The zero-order chi connectivity index (χ0) is 17.3. The number of hydrogen-bond donors (Lipinski definition) is 0. The van der Waals surface area contributed by atoms with Gasteiger partial charge in [-0.25, -0.2) is 4.68 Å². The summed E-state index contributed by atoms with van der Waals surface area (Å²) < 4.78 is 12.5. The van der Waals surface area contributed by atoms with Crippen LogP contribution in [0.4, 0.5) is 0 Å². The third-order valence-corrected chi connectivity index (χ3v) is 5.31. The summed E-state index contributed by atoms with van der Waals surface area (Å²) in [4.78, 5) is 17.6. The molecule has 0 saturated carbocycles. The fourth-order valence-corrected chi connectivity index (χ4v) is 4.02. The lowest BCUT2D eigenvalue weighted by atomic mass is 9.99. The minimum atomic E-state index is 0.0339. The minimum Gasteiger partial charge on any atom is -0.481 e. The van der Waals surface area contributed by atoms with Gasteiger partial charge in [0.1, 0.15) is 5.56 Å². The van der Waals surface area contributed by atoms with E-state index in [1.807, 2.05) is 11.8 Å². The first-order chi connectivity index (χ1) is 11.6. The number of carbonyl (C=O) groups is 1. The molecule has 7 heteroatoms. The predicted octanol–water partition coefficient (Wildman–Crippen LogP) is 0.920. The molecule has 0 N–H and O–H groups in total. The number of nitrogens with zero attached hydrogens (tertiary/aromatic N) is 4. The molecule has 2 saturated heterocycles. The van der Waals surface area contributed by atoms with Crippen LogP contribution < -0.4 is 4.74 Å². The van der Waals surface area contributed by atoms with Crippen LogP contribution in [-0.4, -0.2) is 78.0 Å². The second-order valence-corrected chi connectivity index (χ2v) is 6.69. The van der Waals surface area contributed by atoms with Crippen molar-refractivity contribution in [2.24, 2.45) is 13.0 Å². The molecule has 2 fully saturated rings. The molecule has 2 atom stereocenters. The molecule has 3 heterocycles. The molecule has 2 aliphatic heterocycles. The largest absolute Gasteiger partial charge is 0.481 e. The topological polar surface area (TPSA) is 59.8 Å². The van der Waals surface area contributed by atoms with Crippen LogP contribution in [0.15, 0.2) is 0 Å². The van der Waals surface area contributed by atoms with Gasteiger partial charge in [-0.3, -0.25) is 9.69 Å². The first-order valence-corrected chi connectivity index (χ1v) is 8.75. The number of ether oxygens (including phenoxy) is 2. The average Bonchev–Trinajstić information content (AvgIpc) is 3.15. The van der Waals surface area contributed by atoms with E-state index in [1.54, 1.807) is 18.8 Å². The highest BCUT2D eigenvalue weighted by molar-refractivity contribution is 5.97. The van der Waals surface area contributed by atoms with Gasteiger partial charge in [0.05, 0.1) is 26.0 Å². The molecule has 24 heavy (non-hydrogen) atoms. The second kappa shape index (κ2) is 7.11. The van der Waals surface area contributed by atoms with Gasteiger partial charge in [-0.05, 0) is 12.8 Å². The van der Waals surface area contributed by atoms with Crippen LogP contribution in [0.3, 0.4) is 0 Å². The standard InChI is InChI=1S/C17H28N4O3/c1-5-13-10-21(11-14(13)20-6-8-24-9-7-20)16(22)15-12(2)18-19(3)17(15)23-4/h13-14H,5-11H2,1-4H3/t13-,14-/m1/s1. The van der Waals surface area contributed by atoms with E-state index in [-0.39, 0.29) is 5.91 Å². The molecular formula is C17H28N4O3. The summed E-state index contributed by atoms with van der Waals surface area (Å²) in [6, 6.07) is 0.422. The Labute approximate surface area is 143 Å². The van der Waals surface area contributed by atoms with Crippen molar-refractivity contribution in [1.29, 1.82) is 0 Å². The Morgan fingerprint density at radius 3 is 2.67 bits per heavy atom. The summed E-state index contributed by atoms with van der Waals surface area (Å²) in [6.07, 6.45) is 1.08. The molecule has 1 amide bonds. The van der Waals surface area contributed by atoms with E-state index >= 15 is 0 Å². The molecule has 0 radical (unpaired) electrons. The van der Waals surface area contributed by atoms with Crippen LogP contribution in [0.5, 0.6) is 5.88 Å². The summed E-state index contributed by atoms with van der Waals surface area (Å²) >= 11 is 0. The van der Waals surface area contributed by atoms with Crippen molar-refractivity contribution in [2.75, 3.05) is 46.5 Å². The number of hydrogen-bond acceptors (Lipinski definition) is 5. The number of amides is 1. The van der Waals surface area contributed by atoms with Crippen LogP contribution in [0.1, 0.15) is 29.4 Å². The summed E-state index contributed by atoms with van der Waals surface area (Å²) in [7, 11) is 3.39. The van der Waals surface area contributed by atoms with Gasteiger partial charge in [0, 0.05) is 39.3 Å². The van der Waals surface area contributed by atoms with Crippen molar-refractivity contribution < 1.29 is 14.3 Å². The van der Waals surface area contributed by atoms with E-state index in [4.69, 9.17) is 9.47 Å². The van der Waals surface area contributed by atoms with Crippen LogP contribution in [0.2, 0.25) is 0 Å². The molecule has 1 aromatic rings. The Morgan fingerprint density at radius 1 is 1.33 bits per heavy atom. The van der Waals surface area contributed by atoms with E-state index in [0.717, 1.165) is 51.5 Å². The van der Waals surface area contributed by atoms with Crippen molar-refractivity contribution >= 4 is 5.91 Å². The Balaban J connectivity index is 1.79. The monoisotopic (exact) mass is 336 g/mol. The van der Waals surface area contributed by atoms with Gasteiger partial charge in [-0.2, -0.15) is 5.10 Å². The number of aromatic nitrogens is 2. The van der Waals surface area contributed by atoms with Gasteiger partial charge in [-0.1, -0.05) is 13.3 Å². The fourth-order valence-electron chi connectivity index (χ4n) is 4.02. The van der Waals surface area contributed by atoms with Crippen LogP contribution >= 0.6 is 0 Å². The van der Waals surface area contributed by atoms with Gasteiger partial charge < -0.3 is 14.4 Å². The third kappa shape index (κ3) is 3.02. The smallest absolute Gasteiger partial charge is 0.261 e. The highest BCUT2D eigenvalue weighted by Gasteiger charge is 2.39. The number of rotatable bonds is 4. The maximum atomic E-state index is 13.1. The zero-order valence-corrected chi connectivity index (χ0v) is 15.1. The van der Waals surface area contributed by atoms with Crippen LogP contribution in [-0.2, 0) is 11.8 Å². The molecule has 0 aromatic carbocycles. The number of likely N-dealkylation sites (tertiary alicyclic amines) is 1. The second-order valence-electron chi connectivity index (χ2n) is 6.69. The van der Waals surface area contributed by atoms with Gasteiger partial charge in [0.2, 0.25) is 5.88 Å². The number of morpholine rings is 1. The van der Waals surface area contributed by atoms with E-state index in [9.17, 15) is 4.79 Å². The highest BCUT2D eigenvalue weighted by atomic mass is 16.5. The van der Waals surface area contributed by atoms with Crippen molar-refractivity contribution in [2.45, 2.75) is 26.3 Å². The van der Waals surface area contributed by atoms with Crippen LogP contribution in [0.25, 0.3) is 0 Å². The van der Waals surface area contributed by atoms with Crippen molar-refractivity contribution in [3.05, 3.63) is 11.3 Å². The van der Waals surface area contributed by atoms with Crippen molar-refractivity contribution in [3.8, 4) is 5.88 Å². The van der Waals surface area contributed by atoms with Gasteiger partial charge >= 0.3 is 0 Å². The maximum absolute atomic E-state index is 13.1. The molecule has 2 aliphatic rings. The highest BCUT2D eigenvalue weighted by Crippen LogP contribution is 2.29. The summed E-state index contributed by atoms with van der Waals surface area (Å²) in [5, 5.41) is 4.34. The van der Waals surface area contributed by atoms with Crippen molar-refractivity contribution in [1.82, 2.24) is 19.6 Å². The maximum Gasteiger partial charge on any atom is 0.261 e. The number of carbonyl (C=O) groups excluding carboxylic acids is 1. The predicted molar refractivity (Wildman–Crippen MR) is 90.4 cm³/mol. The first kappa shape index (κ1) is 17.2. The van der Waals surface area contributed by atoms with Gasteiger partial charge in [0.15, 0.2) is 0 Å². The van der Waals surface area contributed by atoms with Crippen LogP contribution in [0, 0.1) is 12.8 Å². The summed E-state index contributed by atoms with van der Waals surface area (Å²) in [6.45, 7) is 9.14. The molecule has 0 unspecified atom stereocenters. The van der Waals surface area contributed by atoms with E-state index in [2.05, 4.69) is 16.9 Å². The lowest BCUT2D eigenvalue weighted by Crippen LogP contribution is -2.47. The molecular weight excluding hydrogens is 308 g/mol. The van der Waals surface area contributed by atoms with E-state index in [1.165, 1.54) is 0 Å². The number of methoxy groups -OCH3 is 1. The minimum absolute atomic E-state index is 0.0339. The first-order valence-electron chi connectivity index (χ1n) is 8.75. The summed E-state index contributed by atoms with van der Waals surface area (Å²) in [5.74, 6) is 1.09. The lowest BCUT2D eigenvalue weighted by molar-refractivity contribution is 0.0102. The van der Waals surface area contributed by atoms with Crippen molar-refractivity contribution in [3.63, 3.8) is 0 Å². The number of aryl methyl sites for hydroxylation is 2. The zero-order valence-electron chi connectivity index (χ0n) is 15.1. The lowest BCUT2D eigenvalue weighted by Gasteiger charge is -2.34. The molecule has 3 rings (SSSR count). The molecule has 7 nitrogen and oxygen atoms in total. The average molecular weight is 336 g/mol. The Hall–Kier alpha value is -1.60. The molecule has 0 spiro atoms. The normalized spacial score (nSPS) is 25.2. The van der Waals surface area contributed by atoms with E-state index < -0.39 is 0 Å². The molecule has 134 valence electrons. The summed E-state index contributed by atoms with van der Waals surface area (Å²) in [5.41, 5.74) is 1.32.